The van der Waals surface area contributed by atoms with Crippen molar-refractivity contribution < 1.29 is 9.53 Å². The number of carbonyl (C=O) groups excluding carboxylic acids is 1. The number of benzene rings is 1. The lowest BCUT2D eigenvalue weighted by atomic mass is 10.0. The Hall–Kier alpha value is -1.55. The smallest absolute Gasteiger partial charge is 0.410 e. The number of nitrogens with zero attached hydrogens (tertiary/aromatic N) is 1. The maximum Gasteiger partial charge on any atom is 0.410 e. The number of aryl methyl sites for hydroxylation is 1. The number of nitrogens with one attached hydrogen (secondary N) is 1. The van der Waals surface area contributed by atoms with Gasteiger partial charge in [-0.3, -0.25) is 0 Å². The fourth-order valence-corrected chi connectivity index (χ4v) is 2.65. The van der Waals surface area contributed by atoms with Gasteiger partial charge in [-0.05, 0) is 44.7 Å². The molecular weight excluding hydrogens is 276 g/mol. The Morgan fingerprint density at radius 2 is 1.91 bits per heavy atom. The Morgan fingerprint density at radius 3 is 2.50 bits per heavy atom. The quantitative estimate of drug-likeness (QED) is 0.933. The van der Waals surface area contributed by atoms with E-state index in [2.05, 4.69) is 36.5 Å². The summed E-state index contributed by atoms with van der Waals surface area (Å²) in [4.78, 5) is 14.0. The minimum Gasteiger partial charge on any atom is -0.444 e. The summed E-state index contributed by atoms with van der Waals surface area (Å²) in [6, 6.07) is 9.03. The van der Waals surface area contributed by atoms with E-state index in [0.717, 1.165) is 19.4 Å². The zero-order valence-electron chi connectivity index (χ0n) is 14.2. The van der Waals surface area contributed by atoms with Gasteiger partial charge in [0.05, 0.1) is 0 Å². The second-order valence-electron chi connectivity index (χ2n) is 6.95. The maximum atomic E-state index is 12.2. The van der Waals surface area contributed by atoms with Gasteiger partial charge in [-0.15, -0.1) is 0 Å². The number of ether oxygens (including phenoxy) is 1. The van der Waals surface area contributed by atoms with Crippen molar-refractivity contribution in [2.45, 2.75) is 52.2 Å². The van der Waals surface area contributed by atoms with Crippen LogP contribution in [0.4, 0.5) is 4.79 Å². The Morgan fingerprint density at radius 1 is 1.27 bits per heavy atom. The van der Waals surface area contributed by atoms with Crippen molar-refractivity contribution in [1.29, 1.82) is 0 Å². The van der Waals surface area contributed by atoms with Crippen molar-refractivity contribution in [3.05, 3.63) is 35.4 Å². The van der Waals surface area contributed by atoms with E-state index >= 15 is 0 Å². The molecule has 122 valence electrons. The third-order valence-corrected chi connectivity index (χ3v) is 3.82. The second kappa shape index (κ2) is 7.14. The molecular formula is C18H28N2O2. The summed E-state index contributed by atoms with van der Waals surface area (Å²) in [6.45, 7) is 10.1. The third-order valence-electron chi connectivity index (χ3n) is 3.82. The Bertz CT molecular complexity index is 491. The molecule has 0 bridgehead atoms. The van der Waals surface area contributed by atoms with Crippen LogP contribution in [0.5, 0.6) is 0 Å². The molecule has 4 nitrogen and oxygen atoms in total. The molecule has 1 N–H and O–H groups in total. The fraction of sp³-hybridized carbons (Fsp3) is 0.611. The monoisotopic (exact) mass is 304 g/mol. The molecule has 0 aromatic heterocycles. The van der Waals surface area contributed by atoms with Crippen molar-refractivity contribution in [1.82, 2.24) is 10.2 Å². The molecule has 1 atom stereocenters. The highest BCUT2D eigenvalue weighted by Crippen LogP contribution is 2.14. The average molecular weight is 304 g/mol. The van der Waals surface area contributed by atoms with Gasteiger partial charge in [-0.2, -0.15) is 0 Å². The normalized spacial score (nSPS) is 19.1. The maximum absolute atomic E-state index is 12.2. The van der Waals surface area contributed by atoms with Crippen LogP contribution in [0.25, 0.3) is 0 Å². The molecule has 1 aromatic rings. The van der Waals surface area contributed by atoms with Gasteiger partial charge < -0.3 is 15.0 Å². The number of carbonyl (C=O) groups is 1. The van der Waals surface area contributed by atoms with E-state index in [1.807, 2.05) is 25.7 Å². The van der Waals surface area contributed by atoms with Crippen LogP contribution >= 0.6 is 0 Å². The molecule has 0 radical (unpaired) electrons. The lowest BCUT2D eigenvalue weighted by Gasteiger charge is -2.35. The van der Waals surface area contributed by atoms with E-state index in [1.54, 1.807) is 0 Å². The highest BCUT2D eigenvalue weighted by atomic mass is 16.6. The number of piperazine rings is 1. The van der Waals surface area contributed by atoms with Gasteiger partial charge in [-0.25, -0.2) is 4.79 Å². The molecule has 1 amide bonds. The Labute approximate surface area is 133 Å². The van der Waals surface area contributed by atoms with E-state index in [0.29, 0.717) is 13.1 Å². The Kier molecular flexibility index (Phi) is 5.46. The van der Waals surface area contributed by atoms with Gasteiger partial charge in [0.25, 0.3) is 0 Å². The number of hydrogen-bond acceptors (Lipinski definition) is 3. The first-order valence-electron chi connectivity index (χ1n) is 8.16. The fourth-order valence-electron chi connectivity index (χ4n) is 2.65. The lowest BCUT2D eigenvalue weighted by Crippen LogP contribution is -2.54. The van der Waals surface area contributed by atoms with Crippen LogP contribution in [0.1, 0.15) is 38.8 Å². The van der Waals surface area contributed by atoms with Crippen molar-refractivity contribution in [2.24, 2.45) is 0 Å². The Balaban J connectivity index is 1.91. The predicted octanol–water partition coefficient (Wildman–Crippen LogP) is 3.00. The summed E-state index contributed by atoms with van der Waals surface area (Å²) in [5, 5.41) is 3.49. The summed E-state index contributed by atoms with van der Waals surface area (Å²) in [7, 11) is 0. The second-order valence-corrected chi connectivity index (χ2v) is 6.95. The van der Waals surface area contributed by atoms with Crippen molar-refractivity contribution in [2.75, 3.05) is 19.6 Å². The average Bonchev–Trinajstić information content (AvgIpc) is 2.46. The molecule has 0 aliphatic carbocycles. The van der Waals surface area contributed by atoms with Crippen LogP contribution in [0.2, 0.25) is 0 Å². The highest BCUT2D eigenvalue weighted by Gasteiger charge is 2.27. The summed E-state index contributed by atoms with van der Waals surface area (Å²) in [5.74, 6) is 0. The molecule has 1 aliphatic rings. The summed E-state index contributed by atoms with van der Waals surface area (Å²) >= 11 is 0. The molecule has 1 aromatic carbocycles. The van der Waals surface area contributed by atoms with E-state index in [1.165, 1.54) is 11.1 Å². The number of rotatable bonds is 3. The van der Waals surface area contributed by atoms with Gasteiger partial charge >= 0.3 is 6.09 Å². The SMILES string of the molecule is CCc1ccc(C[C@H]2CN(C(=O)OC(C)(C)C)CCN2)cc1. The zero-order chi connectivity index (χ0) is 16.2. The highest BCUT2D eigenvalue weighted by molar-refractivity contribution is 5.68. The molecule has 2 rings (SSSR count). The van der Waals surface area contributed by atoms with Crippen molar-refractivity contribution in [3.8, 4) is 0 Å². The van der Waals surface area contributed by atoms with Crippen LogP contribution in [0.3, 0.4) is 0 Å². The summed E-state index contributed by atoms with van der Waals surface area (Å²) < 4.78 is 5.47. The molecule has 4 heteroatoms. The molecule has 1 fully saturated rings. The first-order valence-corrected chi connectivity index (χ1v) is 8.16. The van der Waals surface area contributed by atoms with E-state index in [9.17, 15) is 4.79 Å². The van der Waals surface area contributed by atoms with Gasteiger partial charge in [0.2, 0.25) is 0 Å². The van der Waals surface area contributed by atoms with Crippen molar-refractivity contribution in [3.63, 3.8) is 0 Å². The topological polar surface area (TPSA) is 41.6 Å². The van der Waals surface area contributed by atoms with E-state index in [4.69, 9.17) is 4.74 Å². The summed E-state index contributed by atoms with van der Waals surface area (Å²) in [6.07, 6.45) is 1.79. The lowest BCUT2D eigenvalue weighted by molar-refractivity contribution is 0.0195. The van der Waals surface area contributed by atoms with Crippen LogP contribution in [-0.4, -0.2) is 42.3 Å². The molecule has 1 saturated heterocycles. The molecule has 22 heavy (non-hydrogen) atoms. The minimum atomic E-state index is -0.437. The molecule has 0 saturated carbocycles. The standard InChI is InChI=1S/C18H28N2O2/c1-5-14-6-8-15(9-7-14)12-16-13-20(11-10-19-16)17(21)22-18(2,3)4/h6-9,16,19H,5,10-13H2,1-4H3/t16-/m0/s1. The first kappa shape index (κ1) is 16.8. The van der Waals surface area contributed by atoms with E-state index in [-0.39, 0.29) is 12.1 Å². The molecule has 0 unspecified atom stereocenters. The molecule has 1 heterocycles. The minimum absolute atomic E-state index is 0.208. The van der Waals surface area contributed by atoms with E-state index < -0.39 is 5.60 Å². The largest absolute Gasteiger partial charge is 0.444 e. The van der Waals surface area contributed by atoms with Crippen LogP contribution in [-0.2, 0) is 17.6 Å². The van der Waals surface area contributed by atoms with Crippen LogP contribution in [0, 0.1) is 0 Å². The zero-order valence-corrected chi connectivity index (χ0v) is 14.2. The van der Waals surface area contributed by atoms with Crippen molar-refractivity contribution >= 4 is 6.09 Å². The predicted molar refractivity (Wildman–Crippen MR) is 89.1 cm³/mol. The number of hydrogen-bond donors (Lipinski definition) is 1. The molecule has 1 aliphatic heterocycles. The first-order chi connectivity index (χ1) is 10.4. The number of amides is 1. The van der Waals surface area contributed by atoms with Crippen LogP contribution < -0.4 is 5.32 Å². The van der Waals surface area contributed by atoms with Gasteiger partial charge in [0.1, 0.15) is 5.60 Å². The molecule has 0 spiro atoms. The van der Waals surface area contributed by atoms with Gasteiger partial charge in [0.15, 0.2) is 0 Å². The van der Waals surface area contributed by atoms with Gasteiger partial charge in [-0.1, -0.05) is 31.2 Å². The summed E-state index contributed by atoms with van der Waals surface area (Å²) in [5.41, 5.74) is 2.23. The van der Waals surface area contributed by atoms with Gasteiger partial charge in [0, 0.05) is 25.7 Å². The third kappa shape index (κ3) is 5.02. The van der Waals surface area contributed by atoms with Crippen LogP contribution in [0.15, 0.2) is 24.3 Å².